The number of alkyl halides is 3. The summed E-state index contributed by atoms with van der Waals surface area (Å²) in [5.41, 5.74) is -0.270. The summed E-state index contributed by atoms with van der Waals surface area (Å²) in [5.74, 6) is -0.374. The Bertz CT molecular complexity index is 1300. The molecular weight excluding hydrogens is 433 g/mol. The van der Waals surface area contributed by atoms with Gasteiger partial charge in [0.05, 0.1) is 11.3 Å². The summed E-state index contributed by atoms with van der Waals surface area (Å²) >= 11 is 0. The third kappa shape index (κ3) is 5.06. The largest absolute Gasteiger partial charge is 0.485 e. The Balaban J connectivity index is 1.54. The molecule has 0 saturated heterocycles. The fraction of sp³-hybridized carbons (Fsp3) is 0.120. The molecule has 1 amide bonds. The fourth-order valence-corrected chi connectivity index (χ4v) is 3.53. The summed E-state index contributed by atoms with van der Waals surface area (Å²) in [6.45, 7) is -0.456. The molecule has 1 aromatic heterocycles. The summed E-state index contributed by atoms with van der Waals surface area (Å²) in [6, 6.07) is 20.7. The lowest BCUT2D eigenvalue weighted by Gasteiger charge is -2.14. The molecule has 1 N–H and O–H groups in total. The number of nitrogens with one attached hydrogen (secondary N) is 1. The van der Waals surface area contributed by atoms with E-state index in [-0.39, 0.29) is 24.6 Å². The van der Waals surface area contributed by atoms with E-state index in [1.807, 2.05) is 6.07 Å². The molecule has 0 aliphatic carbocycles. The lowest BCUT2D eigenvalue weighted by molar-refractivity contribution is -0.137. The Morgan fingerprint density at radius 1 is 0.879 bits per heavy atom. The molecule has 0 saturated carbocycles. The molecule has 0 atom stereocenters. The molecule has 1 heterocycles. The summed E-state index contributed by atoms with van der Waals surface area (Å²) < 4.78 is 46.7. The highest BCUT2D eigenvalue weighted by Crippen LogP contribution is 2.34. The molecule has 0 fully saturated rings. The quantitative estimate of drug-likeness (QED) is 0.374. The lowest BCUT2D eigenvalue weighted by Crippen LogP contribution is -2.21. The Morgan fingerprint density at radius 3 is 2.30 bits per heavy atom. The van der Waals surface area contributed by atoms with Crippen LogP contribution in [0.5, 0.6) is 5.75 Å². The molecule has 3 aromatic carbocycles. The van der Waals surface area contributed by atoms with Crippen LogP contribution in [-0.2, 0) is 17.5 Å². The van der Waals surface area contributed by atoms with Gasteiger partial charge in [0.1, 0.15) is 12.3 Å². The van der Waals surface area contributed by atoms with Gasteiger partial charge in [0.15, 0.2) is 6.61 Å². The average Bonchev–Trinajstić information content (AvgIpc) is 3.16. The van der Waals surface area contributed by atoms with Gasteiger partial charge < -0.3 is 14.6 Å². The van der Waals surface area contributed by atoms with Gasteiger partial charge in [0.25, 0.3) is 0 Å². The first-order chi connectivity index (χ1) is 15.8. The first kappa shape index (κ1) is 22.1. The van der Waals surface area contributed by atoms with Crippen molar-refractivity contribution >= 4 is 28.3 Å². The predicted octanol–water partition coefficient (Wildman–Crippen LogP) is 5.56. The van der Waals surface area contributed by atoms with Crippen molar-refractivity contribution in [1.29, 1.82) is 0 Å². The number of nitrogens with zero attached hydrogens (tertiary/aromatic N) is 1. The highest BCUT2D eigenvalue weighted by Gasteiger charge is 2.33. The van der Waals surface area contributed by atoms with Crippen molar-refractivity contribution in [3.05, 3.63) is 96.2 Å². The minimum atomic E-state index is -4.59. The number of para-hydroxylation sites is 3. The smallest absolute Gasteiger partial charge is 0.418 e. The number of aromatic nitrogens is 1. The molecular formula is C25H19F3N2O3. The SMILES string of the molecule is O=C(Cn1cc(C(=O)COc2ccccc2)c2ccccc21)Nc1ccccc1C(F)(F)F. The van der Waals surface area contributed by atoms with Crippen molar-refractivity contribution in [3.8, 4) is 5.75 Å². The zero-order valence-corrected chi connectivity index (χ0v) is 17.3. The van der Waals surface area contributed by atoms with Crippen LogP contribution in [0.15, 0.2) is 85.1 Å². The van der Waals surface area contributed by atoms with E-state index in [1.165, 1.54) is 29.0 Å². The molecule has 0 aliphatic heterocycles. The number of hydrogen-bond donors (Lipinski definition) is 1. The zero-order chi connectivity index (χ0) is 23.4. The topological polar surface area (TPSA) is 60.3 Å². The Hall–Kier alpha value is -4.07. The summed E-state index contributed by atoms with van der Waals surface area (Å²) in [5, 5.41) is 2.95. The van der Waals surface area contributed by atoms with Gasteiger partial charge in [-0.05, 0) is 30.3 Å². The highest BCUT2D eigenvalue weighted by atomic mass is 19.4. The molecule has 4 rings (SSSR count). The first-order valence-electron chi connectivity index (χ1n) is 10.1. The number of Topliss-reactive ketones (excluding diaryl/α,β-unsaturated/α-hetero) is 1. The first-order valence-corrected chi connectivity index (χ1v) is 10.1. The number of carbonyl (C=O) groups is 2. The molecule has 8 heteroatoms. The van der Waals surface area contributed by atoms with E-state index in [0.717, 1.165) is 6.07 Å². The number of rotatable bonds is 7. The molecule has 0 aliphatic rings. The molecule has 0 unspecified atom stereocenters. The van der Waals surface area contributed by atoms with E-state index in [9.17, 15) is 22.8 Å². The van der Waals surface area contributed by atoms with Crippen LogP contribution in [0.1, 0.15) is 15.9 Å². The van der Waals surface area contributed by atoms with Crippen LogP contribution < -0.4 is 10.1 Å². The van der Waals surface area contributed by atoms with Crippen molar-refractivity contribution in [1.82, 2.24) is 4.57 Å². The summed E-state index contributed by atoms with van der Waals surface area (Å²) in [6.07, 6.45) is -3.07. The van der Waals surface area contributed by atoms with Gasteiger partial charge in [-0.25, -0.2) is 0 Å². The maximum absolute atomic E-state index is 13.2. The summed E-state index contributed by atoms with van der Waals surface area (Å²) in [7, 11) is 0. The van der Waals surface area contributed by atoms with E-state index in [1.54, 1.807) is 48.5 Å². The molecule has 0 bridgehead atoms. The van der Waals surface area contributed by atoms with Crippen LogP contribution in [0, 0.1) is 0 Å². The van der Waals surface area contributed by atoms with Crippen LogP contribution in [0.4, 0.5) is 18.9 Å². The van der Waals surface area contributed by atoms with E-state index in [4.69, 9.17) is 4.74 Å². The van der Waals surface area contributed by atoms with Crippen LogP contribution in [0.2, 0.25) is 0 Å². The van der Waals surface area contributed by atoms with Gasteiger partial charge in [-0.15, -0.1) is 0 Å². The Morgan fingerprint density at radius 2 is 1.55 bits per heavy atom. The minimum absolute atomic E-state index is 0.191. The maximum Gasteiger partial charge on any atom is 0.418 e. The van der Waals surface area contributed by atoms with Crippen LogP contribution in [0.3, 0.4) is 0 Å². The summed E-state index contributed by atoms with van der Waals surface area (Å²) in [4.78, 5) is 25.4. The predicted molar refractivity (Wildman–Crippen MR) is 118 cm³/mol. The van der Waals surface area contributed by atoms with Gasteiger partial charge in [-0.3, -0.25) is 9.59 Å². The maximum atomic E-state index is 13.2. The van der Waals surface area contributed by atoms with Crippen LogP contribution in [-0.4, -0.2) is 22.9 Å². The van der Waals surface area contributed by atoms with Crippen molar-refractivity contribution in [3.63, 3.8) is 0 Å². The van der Waals surface area contributed by atoms with E-state index >= 15 is 0 Å². The number of fused-ring (bicyclic) bond motifs is 1. The highest BCUT2D eigenvalue weighted by molar-refractivity contribution is 6.09. The van der Waals surface area contributed by atoms with Gasteiger partial charge in [0.2, 0.25) is 11.7 Å². The van der Waals surface area contributed by atoms with Crippen LogP contribution in [0.25, 0.3) is 10.9 Å². The number of ketones is 1. The number of anilines is 1. The zero-order valence-electron chi connectivity index (χ0n) is 17.3. The van der Waals surface area contributed by atoms with Crippen molar-refractivity contribution < 1.29 is 27.5 Å². The molecule has 4 aromatic rings. The number of hydrogen-bond acceptors (Lipinski definition) is 3. The second kappa shape index (κ2) is 9.20. The van der Waals surface area contributed by atoms with Crippen LogP contribution >= 0.6 is 0 Å². The number of carbonyl (C=O) groups excluding carboxylic acids is 2. The standard InChI is InChI=1S/C25H19F3N2O3/c26-25(27,28)20-11-5-6-12-21(20)29-24(32)15-30-14-19(18-10-4-7-13-22(18)30)23(31)16-33-17-8-2-1-3-9-17/h1-14H,15-16H2,(H,29,32). The molecule has 0 radical (unpaired) electrons. The molecule has 0 spiro atoms. The van der Waals surface area contributed by atoms with Crippen molar-refractivity contribution in [2.75, 3.05) is 11.9 Å². The number of benzene rings is 3. The van der Waals surface area contributed by atoms with E-state index in [0.29, 0.717) is 22.2 Å². The lowest BCUT2D eigenvalue weighted by atomic mass is 10.1. The Kier molecular flexibility index (Phi) is 6.17. The number of halogens is 3. The van der Waals surface area contributed by atoms with E-state index < -0.39 is 17.6 Å². The second-order valence-corrected chi connectivity index (χ2v) is 7.30. The van der Waals surface area contributed by atoms with Gasteiger partial charge in [0, 0.05) is 22.7 Å². The van der Waals surface area contributed by atoms with Crippen molar-refractivity contribution in [2.24, 2.45) is 0 Å². The molecule has 168 valence electrons. The Labute approximate surface area is 187 Å². The van der Waals surface area contributed by atoms with Crippen molar-refractivity contribution in [2.45, 2.75) is 12.7 Å². The molecule has 33 heavy (non-hydrogen) atoms. The number of ether oxygens (including phenoxy) is 1. The van der Waals surface area contributed by atoms with Gasteiger partial charge >= 0.3 is 6.18 Å². The normalized spacial score (nSPS) is 11.4. The third-order valence-electron chi connectivity index (χ3n) is 5.02. The molecule has 5 nitrogen and oxygen atoms in total. The van der Waals surface area contributed by atoms with E-state index in [2.05, 4.69) is 5.32 Å². The average molecular weight is 452 g/mol. The second-order valence-electron chi connectivity index (χ2n) is 7.30. The third-order valence-corrected chi connectivity index (χ3v) is 5.02. The number of amides is 1. The van der Waals surface area contributed by atoms with Gasteiger partial charge in [-0.1, -0.05) is 48.5 Å². The minimum Gasteiger partial charge on any atom is -0.485 e. The monoisotopic (exact) mass is 452 g/mol. The fourth-order valence-electron chi connectivity index (χ4n) is 3.53. The van der Waals surface area contributed by atoms with Gasteiger partial charge in [-0.2, -0.15) is 13.2 Å².